The van der Waals surface area contributed by atoms with Crippen molar-refractivity contribution in [1.29, 1.82) is 0 Å². The molecule has 1 aromatic carbocycles. The molecule has 1 aromatic heterocycles. The third-order valence-corrected chi connectivity index (χ3v) is 3.78. The molecule has 1 saturated heterocycles. The van der Waals surface area contributed by atoms with Crippen LogP contribution in [0.1, 0.15) is 5.69 Å². The van der Waals surface area contributed by atoms with E-state index < -0.39 is 5.43 Å². The Morgan fingerprint density at radius 1 is 1.09 bits per heavy atom. The average Bonchev–Trinajstić information content (AvgIpc) is 2.58. The van der Waals surface area contributed by atoms with Gasteiger partial charge in [-0.2, -0.15) is 0 Å². The SMILES string of the molecule is O=c1cc(CO)n(-c2ccc(N3CCOCC3)cc2)cc1O. The molecule has 1 fully saturated rings. The van der Waals surface area contributed by atoms with Crippen molar-refractivity contribution in [2.45, 2.75) is 6.61 Å². The Bertz CT molecular complexity index is 703. The van der Waals surface area contributed by atoms with Gasteiger partial charge >= 0.3 is 0 Å². The highest BCUT2D eigenvalue weighted by Crippen LogP contribution is 2.20. The van der Waals surface area contributed by atoms with Crippen LogP contribution in [0.2, 0.25) is 0 Å². The lowest BCUT2D eigenvalue weighted by Crippen LogP contribution is -2.36. The fourth-order valence-corrected chi connectivity index (χ4v) is 2.57. The smallest absolute Gasteiger partial charge is 0.223 e. The Balaban J connectivity index is 1.92. The number of rotatable bonds is 3. The summed E-state index contributed by atoms with van der Waals surface area (Å²) in [6.45, 7) is 2.90. The fourth-order valence-electron chi connectivity index (χ4n) is 2.57. The van der Waals surface area contributed by atoms with Gasteiger partial charge in [-0.15, -0.1) is 0 Å². The van der Waals surface area contributed by atoms with Gasteiger partial charge in [-0.25, -0.2) is 0 Å². The molecule has 6 heteroatoms. The number of hydrogen-bond acceptors (Lipinski definition) is 5. The zero-order valence-electron chi connectivity index (χ0n) is 12.1. The predicted molar refractivity (Wildman–Crippen MR) is 82.7 cm³/mol. The highest BCUT2D eigenvalue weighted by molar-refractivity contribution is 5.52. The van der Waals surface area contributed by atoms with Gasteiger partial charge in [0.15, 0.2) is 5.75 Å². The molecule has 0 aliphatic carbocycles. The van der Waals surface area contributed by atoms with Gasteiger partial charge in [0, 0.05) is 30.5 Å². The molecule has 2 N–H and O–H groups in total. The van der Waals surface area contributed by atoms with Crippen LogP contribution in [-0.2, 0) is 11.3 Å². The number of aliphatic hydroxyl groups is 1. The normalized spacial score (nSPS) is 15.0. The van der Waals surface area contributed by atoms with Crippen LogP contribution in [0.3, 0.4) is 0 Å². The minimum atomic E-state index is -0.495. The monoisotopic (exact) mass is 302 g/mol. The Morgan fingerprint density at radius 3 is 2.36 bits per heavy atom. The van der Waals surface area contributed by atoms with Crippen LogP contribution in [0, 0.1) is 0 Å². The van der Waals surface area contributed by atoms with E-state index in [4.69, 9.17) is 4.74 Å². The molecule has 1 aliphatic heterocycles. The van der Waals surface area contributed by atoms with Crippen molar-refractivity contribution in [3.8, 4) is 11.4 Å². The van der Waals surface area contributed by atoms with E-state index in [1.54, 1.807) is 4.57 Å². The predicted octanol–water partition coefficient (Wildman–Crippen LogP) is 0.872. The number of benzene rings is 1. The Kier molecular flexibility index (Phi) is 4.13. The summed E-state index contributed by atoms with van der Waals surface area (Å²) in [5, 5.41) is 19.0. The molecular formula is C16H18N2O4. The number of morpholine rings is 1. The first kappa shape index (κ1) is 14.6. The molecule has 0 saturated carbocycles. The molecule has 1 aliphatic rings. The van der Waals surface area contributed by atoms with Crippen LogP contribution in [0.5, 0.6) is 5.75 Å². The standard InChI is InChI=1S/C16H18N2O4/c19-11-14-9-15(20)16(21)10-18(14)13-3-1-12(2-4-13)17-5-7-22-8-6-17/h1-4,9-10,19,21H,5-8,11H2. The van der Waals surface area contributed by atoms with Gasteiger partial charge in [0.05, 0.1) is 31.7 Å². The topological polar surface area (TPSA) is 74.9 Å². The maximum Gasteiger partial charge on any atom is 0.223 e. The van der Waals surface area contributed by atoms with E-state index in [9.17, 15) is 15.0 Å². The minimum absolute atomic E-state index is 0.277. The van der Waals surface area contributed by atoms with Crippen LogP contribution in [0.4, 0.5) is 5.69 Å². The zero-order valence-corrected chi connectivity index (χ0v) is 12.1. The van der Waals surface area contributed by atoms with Crippen molar-refractivity contribution >= 4 is 5.69 Å². The van der Waals surface area contributed by atoms with E-state index in [0.29, 0.717) is 5.69 Å². The molecule has 116 valence electrons. The lowest BCUT2D eigenvalue weighted by Gasteiger charge is -2.29. The van der Waals surface area contributed by atoms with E-state index in [-0.39, 0.29) is 12.4 Å². The summed E-state index contributed by atoms with van der Waals surface area (Å²) in [6.07, 6.45) is 1.33. The number of pyridine rings is 1. The Hall–Kier alpha value is -2.31. The first-order valence-corrected chi connectivity index (χ1v) is 7.17. The summed E-state index contributed by atoms with van der Waals surface area (Å²) in [5.41, 5.74) is 1.81. The van der Waals surface area contributed by atoms with E-state index in [1.807, 2.05) is 24.3 Å². The maximum absolute atomic E-state index is 11.4. The summed E-state index contributed by atoms with van der Waals surface area (Å²) in [7, 11) is 0. The molecule has 0 atom stereocenters. The van der Waals surface area contributed by atoms with Gasteiger partial charge in [-0.1, -0.05) is 0 Å². The second kappa shape index (κ2) is 6.21. The number of aromatic hydroxyl groups is 1. The third-order valence-electron chi connectivity index (χ3n) is 3.78. The van der Waals surface area contributed by atoms with Crippen LogP contribution < -0.4 is 10.3 Å². The molecule has 0 amide bonds. The molecule has 6 nitrogen and oxygen atoms in total. The van der Waals surface area contributed by atoms with Gasteiger partial charge < -0.3 is 24.4 Å². The van der Waals surface area contributed by atoms with Gasteiger partial charge in [0.25, 0.3) is 0 Å². The van der Waals surface area contributed by atoms with Gasteiger partial charge in [0.1, 0.15) is 0 Å². The summed E-state index contributed by atoms with van der Waals surface area (Å²) in [4.78, 5) is 13.7. The number of anilines is 1. The zero-order chi connectivity index (χ0) is 15.5. The van der Waals surface area contributed by atoms with Gasteiger partial charge in [0.2, 0.25) is 5.43 Å². The van der Waals surface area contributed by atoms with E-state index in [2.05, 4.69) is 4.90 Å². The van der Waals surface area contributed by atoms with Crippen molar-refractivity contribution in [3.05, 3.63) is 52.4 Å². The summed E-state index contributed by atoms with van der Waals surface area (Å²) in [5.74, 6) is -0.338. The maximum atomic E-state index is 11.4. The molecule has 3 rings (SSSR count). The number of ether oxygens (including phenoxy) is 1. The Labute approximate surface area is 127 Å². The van der Waals surface area contributed by atoms with Crippen molar-refractivity contribution < 1.29 is 14.9 Å². The first-order chi connectivity index (χ1) is 10.7. The van der Waals surface area contributed by atoms with Crippen LogP contribution in [-0.4, -0.2) is 41.1 Å². The molecule has 0 spiro atoms. The molecule has 22 heavy (non-hydrogen) atoms. The Morgan fingerprint density at radius 2 is 1.73 bits per heavy atom. The molecule has 2 aromatic rings. The molecule has 2 heterocycles. The lowest BCUT2D eigenvalue weighted by molar-refractivity contribution is 0.122. The molecular weight excluding hydrogens is 284 g/mol. The van der Waals surface area contributed by atoms with Crippen LogP contribution >= 0.6 is 0 Å². The van der Waals surface area contributed by atoms with Crippen molar-refractivity contribution in [2.24, 2.45) is 0 Å². The number of nitrogens with zero attached hydrogens (tertiary/aromatic N) is 2. The van der Waals surface area contributed by atoms with Crippen LogP contribution in [0.15, 0.2) is 41.3 Å². The van der Waals surface area contributed by atoms with Crippen LogP contribution in [0.25, 0.3) is 5.69 Å². The highest BCUT2D eigenvalue weighted by Gasteiger charge is 2.12. The number of hydrogen-bond donors (Lipinski definition) is 2. The average molecular weight is 302 g/mol. The second-order valence-electron chi connectivity index (χ2n) is 5.16. The summed E-state index contributed by atoms with van der Waals surface area (Å²) in [6, 6.07) is 9.00. The minimum Gasteiger partial charge on any atom is -0.503 e. The highest BCUT2D eigenvalue weighted by atomic mass is 16.5. The molecule has 0 bridgehead atoms. The molecule has 0 radical (unpaired) electrons. The summed E-state index contributed by atoms with van der Waals surface area (Å²) < 4.78 is 6.95. The van der Waals surface area contributed by atoms with Crippen molar-refractivity contribution in [2.75, 3.05) is 31.2 Å². The van der Waals surface area contributed by atoms with Crippen molar-refractivity contribution in [1.82, 2.24) is 4.57 Å². The largest absolute Gasteiger partial charge is 0.503 e. The number of aromatic nitrogens is 1. The second-order valence-corrected chi connectivity index (χ2v) is 5.16. The van der Waals surface area contributed by atoms with E-state index in [0.717, 1.165) is 37.7 Å². The lowest BCUT2D eigenvalue weighted by atomic mass is 10.2. The van der Waals surface area contributed by atoms with Crippen molar-refractivity contribution in [3.63, 3.8) is 0 Å². The first-order valence-electron chi connectivity index (χ1n) is 7.17. The van der Waals surface area contributed by atoms with E-state index >= 15 is 0 Å². The molecule has 0 unspecified atom stereocenters. The summed E-state index contributed by atoms with van der Waals surface area (Å²) >= 11 is 0. The van der Waals surface area contributed by atoms with Gasteiger partial charge in [-0.3, -0.25) is 4.79 Å². The fraction of sp³-hybridized carbons (Fsp3) is 0.312. The third kappa shape index (κ3) is 2.84. The number of aliphatic hydroxyl groups excluding tert-OH is 1. The quantitative estimate of drug-likeness (QED) is 0.880. The van der Waals surface area contributed by atoms with Gasteiger partial charge in [-0.05, 0) is 24.3 Å². The van der Waals surface area contributed by atoms with E-state index in [1.165, 1.54) is 12.3 Å².